The van der Waals surface area contributed by atoms with Crippen LogP contribution in [0.4, 0.5) is 0 Å². The summed E-state index contributed by atoms with van der Waals surface area (Å²) in [7, 11) is 0. The zero-order valence-electron chi connectivity index (χ0n) is 18.5. The summed E-state index contributed by atoms with van der Waals surface area (Å²) in [5.74, 6) is 0. The number of pyridine rings is 3. The molecule has 3 nitrogen and oxygen atoms in total. The van der Waals surface area contributed by atoms with Crippen LogP contribution in [0, 0.1) is 0 Å². The quantitative estimate of drug-likeness (QED) is 0.285. The van der Waals surface area contributed by atoms with E-state index in [1.165, 1.54) is 21.9 Å². The Balaban J connectivity index is 1.45. The molecule has 3 heteroatoms. The third-order valence-corrected chi connectivity index (χ3v) is 6.00. The van der Waals surface area contributed by atoms with Gasteiger partial charge in [-0.25, -0.2) is 4.98 Å². The minimum atomic E-state index is 0.830. The Morgan fingerprint density at radius 3 is 1.65 bits per heavy atom. The van der Waals surface area contributed by atoms with Crippen molar-refractivity contribution in [3.63, 3.8) is 0 Å². The van der Waals surface area contributed by atoms with Crippen molar-refractivity contribution >= 4 is 10.8 Å². The van der Waals surface area contributed by atoms with Crippen LogP contribution in [0.15, 0.2) is 128 Å². The number of nitrogens with zero attached hydrogens (tertiary/aromatic N) is 3. The summed E-state index contributed by atoms with van der Waals surface area (Å²) in [6.45, 7) is 0. The first-order valence-corrected chi connectivity index (χ1v) is 11.3. The van der Waals surface area contributed by atoms with Gasteiger partial charge in [-0.15, -0.1) is 0 Å². The maximum absolute atomic E-state index is 4.87. The van der Waals surface area contributed by atoms with Crippen molar-refractivity contribution < 1.29 is 0 Å². The summed E-state index contributed by atoms with van der Waals surface area (Å²) in [6.07, 6.45) is 3.59. The number of aromatic nitrogens is 3. The van der Waals surface area contributed by atoms with E-state index >= 15 is 0 Å². The lowest BCUT2D eigenvalue weighted by molar-refractivity contribution is 1.22. The summed E-state index contributed by atoms with van der Waals surface area (Å²) in [6, 6.07) is 39.7. The van der Waals surface area contributed by atoms with Gasteiger partial charge in [-0.3, -0.25) is 9.97 Å². The van der Waals surface area contributed by atoms with Gasteiger partial charge in [0.2, 0.25) is 0 Å². The molecule has 0 fully saturated rings. The zero-order valence-corrected chi connectivity index (χ0v) is 18.5. The SMILES string of the molecule is c1ccc(-c2cc(-c3ccc(-c4cccc5ccccc45)cc3)cc(-c3ccccn3)n2)nc1. The maximum Gasteiger partial charge on any atom is 0.0900 e. The molecule has 0 N–H and O–H groups in total. The molecule has 160 valence electrons. The fourth-order valence-electron chi connectivity index (χ4n) is 4.31. The Bertz CT molecular complexity index is 1510. The van der Waals surface area contributed by atoms with E-state index in [2.05, 4.69) is 88.8 Å². The minimum Gasteiger partial charge on any atom is -0.255 e. The third kappa shape index (κ3) is 3.84. The minimum absolute atomic E-state index is 0.830. The molecule has 0 atom stereocenters. The van der Waals surface area contributed by atoms with E-state index in [1.807, 2.05) is 36.4 Å². The van der Waals surface area contributed by atoms with E-state index in [-0.39, 0.29) is 0 Å². The molecule has 3 aromatic carbocycles. The van der Waals surface area contributed by atoms with Crippen LogP contribution in [0.5, 0.6) is 0 Å². The average Bonchev–Trinajstić information content (AvgIpc) is 2.93. The topological polar surface area (TPSA) is 38.7 Å². The van der Waals surface area contributed by atoms with Gasteiger partial charge in [0.1, 0.15) is 0 Å². The molecule has 34 heavy (non-hydrogen) atoms. The monoisotopic (exact) mass is 435 g/mol. The molecule has 0 spiro atoms. The van der Waals surface area contributed by atoms with Crippen LogP contribution in [0.25, 0.3) is 55.8 Å². The van der Waals surface area contributed by atoms with Gasteiger partial charge in [-0.2, -0.15) is 0 Å². The first kappa shape index (κ1) is 20.0. The second-order valence-corrected chi connectivity index (χ2v) is 8.16. The average molecular weight is 436 g/mol. The Morgan fingerprint density at radius 2 is 1.00 bits per heavy atom. The van der Waals surface area contributed by atoms with Crippen LogP contribution >= 0.6 is 0 Å². The molecule has 0 amide bonds. The van der Waals surface area contributed by atoms with Crippen LogP contribution < -0.4 is 0 Å². The predicted molar refractivity (Wildman–Crippen MR) is 139 cm³/mol. The van der Waals surface area contributed by atoms with Crippen LogP contribution in [0.2, 0.25) is 0 Å². The standard InChI is InChI=1S/C31H21N3/c1-2-10-26-23(8-1)9-7-11-27(26)24-16-14-22(15-17-24)25-20-30(28-12-3-5-18-32-28)34-31(21-25)29-13-4-6-19-33-29/h1-21H. The Labute approximate surface area is 198 Å². The van der Waals surface area contributed by atoms with Crippen molar-refractivity contribution in [1.82, 2.24) is 15.0 Å². The van der Waals surface area contributed by atoms with Crippen LogP contribution in [-0.4, -0.2) is 15.0 Å². The number of hydrogen-bond acceptors (Lipinski definition) is 3. The highest BCUT2D eigenvalue weighted by atomic mass is 14.8. The van der Waals surface area contributed by atoms with Gasteiger partial charge < -0.3 is 0 Å². The smallest absolute Gasteiger partial charge is 0.0900 e. The molecule has 0 aliphatic heterocycles. The molecule has 3 aromatic heterocycles. The summed E-state index contributed by atoms with van der Waals surface area (Å²) in [4.78, 5) is 13.9. The molecular weight excluding hydrogens is 414 g/mol. The summed E-state index contributed by atoms with van der Waals surface area (Å²) in [5.41, 5.74) is 7.99. The molecule has 6 aromatic rings. The van der Waals surface area contributed by atoms with E-state index in [1.54, 1.807) is 12.4 Å². The van der Waals surface area contributed by atoms with Gasteiger partial charge in [-0.05, 0) is 69.4 Å². The van der Waals surface area contributed by atoms with E-state index in [4.69, 9.17) is 4.98 Å². The van der Waals surface area contributed by atoms with E-state index in [0.29, 0.717) is 0 Å². The van der Waals surface area contributed by atoms with Crippen molar-refractivity contribution in [2.24, 2.45) is 0 Å². The summed E-state index contributed by atoms with van der Waals surface area (Å²) < 4.78 is 0. The number of rotatable bonds is 4. The fourth-order valence-corrected chi connectivity index (χ4v) is 4.31. The summed E-state index contributed by atoms with van der Waals surface area (Å²) in [5, 5.41) is 2.51. The Morgan fingerprint density at radius 1 is 0.412 bits per heavy atom. The maximum atomic E-state index is 4.87. The fraction of sp³-hybridized carbons (Fsp3) is 0. The van der Waals surface area contributed by atoms with Crippen molar-refractivity contribution in [2.75, 3.05) is 0 Å². The Hall–Kier alpha value is -4.63. The van der Waals surface area contributed by atoms with Gasteiger partial charge in [0, 0.05) is 12.4 Å². The number of fused-ring (bicyclic) bond motifs is 1. The van der Waals surface area contributed by atoms with Crippen molar-refractivity contribution in [3.05, 3.63) is 128 Å². The molecule has 6 rings (SSSR count). The van der Waals surface area contributed by atoms with E-state index in [0.717, 1.165) is 33.9 Å². The lowest BCUT2D eigenvalue weighted by Crippen LogP contribution is -1.94. The molecule has 0 saturated heterocycles. The van der Waals surface area contributed by atoms with Crippen molar-refractivity contribution in [3.8, 4) is 45.0 Å². The summed E-state index contributed by atoms with van der Waals surface area (Å²) >= 11 is 0. The molecule has 3 heterocycles. The third-order valence-electron chi connectivity index (χ3n) is 6.00. The highest BCUT2D eigenvalue weighted by Crippen LogP contribution is 2.32. The van der Waals surface area contributed by atoms with E-state index in [9.17, 15) is 0 Å². The molecule has 0 aliphatic carbocycles. The molecule has 0 radical (unpaired) electrons. The van der Waals surface area contributed by atoms with Gasteiger partial charge in [0.25, 0.3) is 0 Å². The molecule has 0 aliphatic rings. The van der Waals surface area contributed by atoms with E-state index < -0.39 is 0 Å². The van der Waals surface area contributed by atoms with Crippen molar-refractivity contribution in [1.29, 1.82) is 0 Å². The van der Waals surface area contributed by atoms with Gasteiger partial charge in [-0.1, -0.05) is 78.9 Å². The highest BCUT2D eigenvalue weighted by Gasteiger charge is 2.11. The normalized spacial score (nSPS) is 10.9. The Kier molecular flexibility index (Phi) is 5.13. The van der Waals surface area contributed by atoms with Gasteiger partial charge in [0.05, 0.1) is 22.8 Å². The number of hydrogen-bond donors (Lipinski definition) is 0. The van der Waals surface area contributed by atoms with Crippen LogP contribution in [-0.2, 0) is 0 Å². The highest BCUT2D eigenvalue weighted by molar-refractivity contribution is 5.96. The second-order valence-electron chi connectivity index (χ2n) is 8.16. The van der Waals surface area contributed by atoms with Crippen LogP contribution in [0.1, 0.15) is 0 Å². The van der Waals surface area contributed by atoms with Crippen molar-refractivity contribution in [2.45, 2.75) is 0 Å². The first-order valence-electron chi connectivity index (χ1n) is 11.3. The first-order chi connectivity index (χ1) is 16.8. The second kappa shape index (κ2) is 8.72. The predicted octanol–water partition coefficient (Wildman–Crippen LogP) is 7.69. The molecule has 0 bridgehead atoms. The van der Waals surface area contributed by atoms with Crippen LogP contribution in [0.3, 0.4) is 0 Å². The molecule has 0 unspecified atom stereocenters. The molecule has 0 saturated carbocycles. The zero-order chi connectivity index (χ0) is 22.7. The van der Waals surface area contributed by atoms with Gasteiger partial charge >= 0.3 is 0 Å². The molecular formula is C31H21N3. The van der Waals surface area contributed by atoms with Gasteiger partial charge in [0.15, 0.2) is 0 Å². The number of benzene rings is 3. The lowest BCUT2D eigenvalue weighted by Gasteiger charge is -2.11. The largest absolute Gasteiger partial charge is 0.255 e. The lowest BCUT2D eigenvalue weighted by atomic mass is 9.96.